The molecule has 0 aliphatic heterocycles. The molecule has 5 rings (SSSR count). The number of amides is 1. The average Bonchev–Trinajstić information content (AvgIpc) is 3.27. The van der Waals surface area contributed by atoms with Crippen molar-refractivity contribution >= 4 is 23.0 Å². The van der Waals surface area contributed by atoms with E-state index in [-0.39, 0.29) is 17.2 Å². The second kappa shape index (κ2) is 7.26. The maximum atomic E-state index is 12.6. The summed E-state index contributed by atoms with van der Waals surface area (Å²) in [7, 11) is 0. The Bertz CT molecular complexity index is 1230. The van der Waals surface area contributed by atoms with Crippen LogP contribution in [0, 0.1) is 5.92 Å². The number of aromatic nitrogens is 2. The Morgan fingerprint density at radius 2 is 1.87 bits per heavy atom. The van der Waals surface area contributed by atoms with Crippen LogP contribution < -0.4 is 5.43 Å². The second-order valence-electron chi connectivity index (χ2n) is 8.07. The Morgan fingerprint density at radius 3 is 2.67 bits per heavy atom. The largest absolute Gasteiger partial charge is 0.278 e. The SMILES string of the molecule is CC1(c2ccc(-c3ccccc3)cc2)CC1C(=O)N/N=C/c1ccc2cn[nH]c2c1. The first-order chi connectivity index (χ1) is 14.6. The number of aromatic amines is 1. The predicted octanol–water partition coefficient (Wildman–Crippen LogP) is 4.66. The van der Waals surface area contributed by atoms with Gasteiger partial charge < -0.3 is 0 Å². The molecule has 30 heavy (non-hydrogen) atoms. The lowest BCUT2D eigenvalue weighted by atomic mass is 9.93. The summed E-state index contributed by atoms with van der Waals surface area (Å²) in [5.74, 6) is -0.101. The number of carbonyl (C=O) groups excluding carboxylic acids is 1. The zero-order valence-corrected chi connectivity index (χ0v) is 16.7. The van der Waals surface area contributed by atoms with Crippen LogP contribution in [0.25, 0.3) is 22.0 Å². The molecule has 1 fully saturated rings. The smallest absolute Gasteiger partial charge is 0.244 e. The standard InChI is InChI=1S/C25H22N4O/c1-25(21-11-9-19(10-12-21)18-5-3-2-4-6-18)14-22(25)24(30)29-26-15-17-7-8-20-16-27-28-23(20)13-17/h2-13,15-16,22H,14H2,1H3,(H,27,28)(H,29,30)/b26-15+. The highest BCUT2D eigenvalue weighted by Gasteiger charge is 2.55. The molecule has 0 saturated heterocycles. The van der Waals surface area contributed by atoms with Crippen molar-refractivity contribution in [1.29, 1.82) is 0 Å². The first-order valence-corrected chi connectivity index (χ1v) is 10.1. The van der Waals surface area contributed by atoms with Gasteiger partial charge in [-0.3, -0.25) is 9.89 Å². The number of benzene rings is 3. The van der Waals surface area contributed by atoms with Gasteiger partial charge in [0.05, 0.1) is 23.8 Å². The van der Waals surface area contributed by atoms with E-state index in [2.05, 4.69) is 64.0 Å². The van der Waals surface area contributed by atoms with Gasteiger partial charge >= 0.3 is 0 Å². The number of H-pyrrole nitrogens is 1. The van der Waals surface area contributed by atoms with Gasteiger partial charge in [0.15, 0.2) is 0 Å². The molecule has 2 unspecified atom stereocenters. The van der Waals surface area contributed by atoms with Crippen molar-refractivity contribution in [2.75, 3.05) is 0 Å². The van der Waals surface area contributed by atoms with Crippen molar-refractivity contribution in [2.24, 2.45) is 11.0 Å². The van der Waals surface area contributed by atoms with Crippen LogP contribution >= 0.6 is 0 Å². The molecule has 1 heterocycles. The minimum absolute atomic E-state index is 0.0384. The van der Waals surface area contributed by atoms with Gasteiger partial charge in [-0.2, -0.15) is 10.2 Å². The van der Waals surface area contributed by atoms with Crippen molar-refractivity contribution in [3.8, 4) is 11.1 Å². The highest BCUT2D eigenvalue weighted by atomic mass is 16.2. The summed E-state index contributed by atoms with van der Waals surface area (Å²) in [4.78, 5) is 12.6. The molecule has 1 aliphatic carbocycles. The molecule has 0 spiro atoms. The number of nitrogens with zero attached hydrogens (tertiary/aromatic N) is 2. The van der Waals surface area contributed by atoms with Crippen molar-refractivity contribution in [3.05, 3.63) is 90.1 Å². The van der Waals surface area contributed by atoms with Crippen LogP contribution in [-0.4, -0.2) is 22.3 Å². The van der Waals surface area contributed by atoms with Crippen molar-refractivity contribution in [2.45, 2.75) is 18.8 Å². The Hall–Kier alpha value is -3.73. The van der Waals surface area contributed by atoms with Gasteiger partial charge in [-0.15, -0.1) is 0 Å². The van der Waals surface area contributed by atoms with Crippen LogP contribution in [0.1, 0.15) is 24.5 Å². The Morgan fingerprint density at radius 1 is 1.10 bits per heavy atom. The Balaban J connectivity index is 1.23. The molecule has 0 radical (unpaired) electrons. The molecule has 1 saturated carbocycles. The van der Waals surface area contributed by atoms with Crippen LogP contribution in [0.15, 0.2) is 84.1 Å². The number of nitrogens with one attached hydrogen (secondary N) is 2. The highest BCUT2D eigenvalue weighted by Crippen LogP contribution is 2.54. The lowest BCUT2D eigenvalue weighted by molar-refractivity contribution is -0.122. The van der Waals surface area contributed by atoms with E-state index in [0.29, 0.717) is 0 Å². The number of fused-ring (bicyclic) bond motifs is 1. The van der Waals surface area contributed by atoms with E-state index in [1.165, 1.54) is 16.7 Å². The monoisotopic (exact) mass is 394 g/mol. The number of hydrazone groups is 1. The maximum absolute atomic E-state index is 12.6. The van der Waals surface area contributed by atoms with Crippen LogP contribution in [0.2, 0.25) is 0 Å². The quantitative estimate of drug-likeness (QED) is 0.382. The minimum Gasteiger partial charge on any atom is -0.278 e. The lowest BCUT2D eigenvalue weighted by Gasteiger charge is -2.12. The van der Waals surface area contributed by atoms with E-state index >= 15 is 0 Å². The molecule has 4 aromatic rings. The Labute approximate surface area is 174 Å². The molecule has 1 aliphatic rings. The third kappa shape index (κ3) is 3.39. The number of carbonyl (C=O) groups is 1. The summed E-state index contributed by atoms with van der Waals surface area (Å²) in [6, 6.07) is 24.7. The van der Waals surface area contributed by atoms with E-state index in [4.69, 9.17) is 0 Å². The molecule has 3 aromatic carbocycles. The molecule has 2 atom stereocenters. The molecular weight excluding hydrogens is 372 g/mol. The fourth-order valence-electron chi connectivity index (χ4n) is 4.02. The van der Waals surface area contributed by atoms with Gasteiger partial charge in [0, 0.05) is 10.8 Å². The van der Waals surface area contributed by atoms with Gasteiger partial charge in [-0.25, -0.2) is 5.43 Å². The first-order valence-electron chi connectivity index (χ1n) is 10.1. The average molecular weight is 394 g/mol. The zero-order valence-electron chi connectivity index (χ0n) is 16.7. The van der Waals surface area contributed by atoms with Gasteiger partial charge in [-0.05, 0) is 34.7 Å². The summed E-state index contributed by atoms with van der Waals surface area (Å²) < 4.78 is 0. The van der Waals surface area contributed by atoms with Crippen LogP contribution in [0.3, 0.4) is 0 Å². The van der Waals surface area contributed by atoms with E-state index in [1.54, 1.807) is 12.4 Å². The van der Waals surface area contributed by atoms with Crippen LogP contribution in [-0.2, 0) is 10.2 Å². The van der Waals surface area contributed by atoms with E-state index in [0.717, 1.165) is 22.9 Å². The summed E-state index contributed by atoms with van der Waals surface area (Å²) in [6.07, 6.45) is 4.27. The normalized spacial score (nSPS) is 20.5. The third-order valence-electron chi connectivity index (χ3n) is 6.06. The van der Waals surface area contributed by atoms with Crippen LogP contribution in [0.5, 0.6) is 0 Å². The van der Waals surface area contributed by atoms with E-state index in [1.807, 2.05) is 36.4 Å². The fourth-order valence-corrected chi connectivity index (χ4v) is 4.02. The predicted molar refractivity (Wildman–Crippen MR) is 119 cm³/mol. The lowest BCUT2D eigenvalue weighted by Crippen LogP contribution is -2.23. The third-order valence-corrected chi connectivity index (χ3v) is 6.06. The van der Waals surface area contributed by atoms with Gasteiger partial charge in [-0.1, -0.05) is 73.7 Å². The van der Waals surface area contributed by atoms with Gasteiger partial charge in [0.2, 0.25) is 5.91 Å². The number of hydrogen-bond acceptors (Lipinski definition) is 3. The minimum atomic E-state index is -0.135. The second-order valence-corrected chi connectivity index (χ2v) is 8.07. The van der Waals surface area contributed by atoms with E-state index < -0.39 is 0 Å². The summed E-state index contributed by atoms with van der Waals surface area (Å²) >= 11 is 0. The number of rotatable bonds is 5. The van der Waals surface area contributed by atoms with Gasteiger partial charge in [0.1, 0.15) is 0 Å². The molecular formula is C25H22N4O. The molecule has 1 amide bonds. The van der Waals surface area contributed by atoms with Crippen LogP contribution in [0.4, 0.5) is 0 Å². The zero-order chi connectivity index (χ0) is 20.6. The fraction of sp³-hybridized carbons (Fsp3) is 0.160. The van der Waals surface area contributed by atoms with E-state index in [9.17, 15) is 4.79 Å². The van der Waals surface area contributed by atoms with Crippen molar-refractivity contribution in [3.63, 3.8) is 0 Å². The molecule has 148 valence electrons. The molecule has 1 aromatic heterocycles. The topological polar surface area (TPSA) is 70.1 Å². The molecule has 5 heteroatoms. The summed E-state index contributed by atoms with van der Waals surface area (Å²) in [5, 5.41) is 12.1. The molecule has 5 nitrogen and oxygen atoms in total. The molecule has 0 bridgehead atoms. The van der Waals surface area contributed by atoms with Crippen molar-refractivity contribution < 1.29 is 4.79 Å². The molecule has 2 N–H and O–H groups in total. The Kier molecular flexibility index (Phi) is 4.43. The maximum Gasteiger partial charge on any atom is 0.244 e. The first kappa shape index (κ1) is 18.3. The van der Waals surface area contributed by atoms with Gasteiger partial charge in [0.25, 0.3) is 0 Å². The number of hydrogen-bond donors (Lipinski definition) is 2. The summed E-state index contributed by atoms with van der Waals surface area (Å²) in [6.45, 7) is 2.14. The highest BCUT2D eigenvalue weighted by molar-refractivity contribution is 5.89. The van der Waals surface area contributed by atoms with Crippen molar-refractivity contribution in [1.82, 2.24) is 15.6 Å². The summed E-state index contributed by atoms with van der Waals surface area (Å²) in [5.41, 5.74) is 7.99.